The van der Waals surface area contributed by atoms with Gasteiger partial charge in [-0.2, -0.15) is 0 Å². The molecule has 19 heavy (non-hydrogen) atoms. The molecule has 1 rings (SSSR count). The summed E-state index contributed by atoms with van der Waals surface area (Å²) >= 11 is 0. The van der Waals surface area contributed by atoms with Gasteiger partial charge in [-0.3, -0.25) is 5.32 Å². The Kier molecular flexibility index (Phi) is 4.67. The number of aliphatic hydroxyl groups excluding tert-OH is 1. The van der Waals surface area contributed by atoms with E-state index in [1.165, 1.54) is 18.2 Å². The lowest BCUT2D eigenvalue weighted by molar-refractivity contribution is 0.0635. The number of carbonyl (C=O) groups excluding carboxylic acids is 1. The molecule has 1 aromatic carbocycles. The number of aliphatic hydroxyl groups is 1. The Morgan fingerprint density at radius 2 is 2.16 bits per heavy atom. The molecule has 1 atom stereocenters. The average molecular weight is 267 g/mol. The highest BCUT2D eigenvalue weighted by Crippen LogP contribution is 2.25. The van der Waals surface area contributed by atoms with Crippen molar-refractivity contribution < 1.29 is 19.0 Å². The van der Waals surface area contributed by atoms with Crippen LogP contribution in [0.15, 0.2) is 30.9 Å². The van der Waals surface area contributed by atoms with Crippen LogP contribution in [0.2, 0.25) is 0 Å². The van der Waals surface area contributed by atoms with Crippen LogP contribution in [0.4, 0.5) is 14.9 Å². The summed E-state index contributed by atoms with van der Waals surface area (Å²) in [5.41, 5.74) is -0.134. The monoisotopic (exact) mass is 267 g/mol. The van der Waals surface area contributed by atoms with E-state index in [0.29, 0.717) is 0 Å². The molecule has 0 aliphatic rings. The average Bonchev–Trinajstić information content (AvgIpc) is 2.28. The van der Waals surface area contributed by atoms with Crippen LogP contribution in [-0.4, -0.2) is 16.8 Å². The van der Waals surface area contributed by atoms with Crippen LogP contribution in [0, 0.1) is 5.82 Å². The quantitative estimate of drug-likeness (QED) is 0.825. The first kappa shape index (κ1) is 15.2. The molecule has 0 heterocycles. The Labute approximate surface area is 111 Å². The van der Waals surface area contributed by atoms with Crippen LogP contribution in [0.25, 0.3) is 0 Å². The van der Waals surface area contributed by atoms with E-state index in [9.17, 15) is 14.3 Å². The number of carbonyl (C=O) groups is 1. The number of benzene rings is 1. The molecule has 0 aromatic heterocycles. The number of nitrogens with one attached hydrogen (secondary N) is 1. The van der Waals surface area contributed by atoms with Gasteiger partial charge in [-0.05, 0) is 39.0 Å². The molecule has 0 aliphatic carbocycles. The van der Waals surface area contributed by atoms with Crippen molar-refractivity contribution in [3.05, 3.63) is 42.2 Å². The molecule has 1 unspecified atom stereocenters. The van der Waals surface area contributed by atoms with Gasteiger partial charge in [0.2, 0.25) is 0 Å². The molecule has 1 aromatic rings. The van der Waals surface area contributed by atoms with Gasteiger partial charge in [0, 0.05) is 5.56 Å². The highest BCUT2D eigenvalue weighted by Gasteiger charge is 2.18. The highest BCUT2D eigenvalue weighted by atomic mass is 19.1. The van der Waals surface area contributed by atoms with E-state index in [-0.39, 0.29) is 11.3 Å². The van der Waals surface area contributed by atoms with Gasteiger partial charge in [-0.15, -0.1) is 6.58 Å². The Bertz CT molecular complexity index is 480. The Balaban J connectivity index is 2.95. The summed E-state index contributed by atoms with van der Waals surface area (Å²) in [6.07, 6.45) is -0.494. The molecule has 0 saturated carbocycles. The minimum atomic E-state index is -1.07. The summed E-state index contributed by atoms with van der Waals surface area (Å²) in [6, 6.07) is 3.69. The predicted molar refractivity (Wildman–Crippen MR) is 71.4 cm³/mol. The summed E-state index contributed by atoms with van der Waals surface area (Å²) in [4.78, 5) is 11.6. The van der Waals surface area contributed by atoms with Crippen molar-refractivity contribution in [1.82, 2.24) is 0 Å². The molecule has 0 radical (unpaired) electrons. The SMILES string of the molecule is C=CC(O)c1cc(F)ccc1NC(=O)OC(C)(C)C. The van der Waals surface area contributed by atoms with Crippen LogP contribution < -0.4 is 5.32 Å². The maximum absolute atomic E-state index is 13.2. The van der Waals surface area contributed by atoms with E-state index < -0.39 is 23.6 Å². The lowest BCUT2D eigenvalue weighted by atomic mass is 10.1. The van der Waals surface area contributed by atoms with Gasteiger partial charge < -0.3 is 9.84 Å². The second-order valence-electron chi connectivity index (χ2n) is 5.04. The normalized spacial score (nSPS) is 12.7. The predicted octanol–water partition coefficient (Wildman–Crippen LogP) is 3.39. The van der Waals surface area contributed by atoms with Crippen LogP contribution in [-0.2, 0) is 4.74 Å². The lowest BCUT2D eigenvalue weighted by Gasteiger charge is -2.21. The van der Waals surface area contributed by atoms with Gasteiger partial charge in [-0.1, -0.05) is 6.08 Å². The van der Waals surface area contributed by atoms with Crippen LogP contribution in [0.3, 0.4) is 0 Å². The third-order valence-electron chi connectivity index (χ3n) is 2.19. The summed E-state index contributed by atoms with van der Waals surface area (Å²) in [6.45, 7) is 8.63. The Morgan fingerprint density at radius 3 is 2.68 bits per heavy atom. The minimum Gasteiger partial charge on any atom is -0.444 e. The fourth-order valence-electron chi connectivity index (χ4n) is 1.43. The van der Waals surface area contributed by atoms with Gasteiger partial charge in [0.1, 0.15) is 11.4 Å². The van der Waals surface area contributed by atoms with Crippen molar-refractivity contribution in [1.29, 1.82) is 0 Å². The Morgan fingerprint density at radius 1 is 1.53 bits per heavy atom. The minimum absolute atomic E-state index is 0.223. The van der Waals surface area contributed by atoms with Crippen LogP contribution in [0.5, 0.6) is 0 Å². The first-order valence-corrected chi connectivity index (χ1v) is 5.83. The number of hydrogen-bond acceptors (Lipinski definition) is 3. The van der Waals surface area contributed by atoms with E-state index in [0.717, 1.165) is 6.07 Å². The summed E-state index contributed by atoms with van der Waals surface area (Å²) in [7, 11) is 0. The maximum atomic E-state index is 13.2. The van der Waals surface area contributed by atoms with Crippen molar-refractivity contribution in [3.8, 4) is 0 Å². The van der Waals surface area contributed by atoms with E-state index in [1.807, 2.05) is 0 Å². The van der Waals surface area contributed by atoms with E-state index >= 15 is 0 Å². The fourth-order valence-corrected chi connectivity index (χ4v) is 1.43. The number of halogens is 1. The Hall–Kier alpha value is -1.88. The van der Waals surface area contributed by atoms with Crippen molar-refractivity contribution in [2.45, 2.75) is 32.5 Å². The number of hydrogen-bond donors (Lipinski definition) is 2. The molecule has 0 saturated heterocycles. The molecular formula is C14H18FNO3. The highest BCUT2D eigenvalue weighted by molar-refractivity contribution is 5.86. The van der Waals surface area contributed by atoms with Gasteiger partial charge >= 0.3 is 6.09 Å². The van der Waals surface area contributed by atoms with E-state index in [2.05, 4.69) is 11.9 Å². The van der Waals surface area contributed by atoms with Gasteiger partial charge in [0.15, 0.2) is 0 Å². The second kappa shape index (κ2) is 5.84. The zero-order valence-electron chi connectivity index (χ0n) is 11.2. The second-order valence-corrected chi connectivity index (χ2v) is 5.04. The molecule has 4 nitrogen and oxygen atoms in total. The molecule has 5 heteroatoms. The van der Waals surface area contributed by atoms with Gasteiger partial charge in [0.25, 0.3) is 0 Å². The summed E-state index contributed by atoms with van der Waals surface area (Å²) < 4.78 is 18.3. The number of amides is 1. The maximum Gasteiger partial charge on any atom is 0.412 e. The molecule has 0 aliphatic heterocycles. The lowest BCUT2D eigenvalue weighted by Crippen LogP contribution is -2.27. The van der Waals surface area contributed by atoms with Crippen LogP contribution in [0.1, 0.15) is 32.4 Å². The molecule has 0 spiro atoms. The molecule has 104 valence electrons. The van der Waals surface area contributed by atoms with E-state index in [1.54, 1.807) is 20.8 Å². The molecule has 0 fully saturated rings. The third-order valence-corrected chi connectivity index (χ3v) is 2.19. The summed E-state index contributed by atoms with van der Waals surface area (Å²) in [5, 5.41) is 12.2. The molecule has 0 bridgehead atoms. The van der Waals surface area contributed by atoms with Gasteiger partial charge in [-0.25, -0.2) is 9.18 Å². The zero-order chi connectivity index (χ0) is 14.6. The fraction of sp³-hybridized carbons (Fsp3) is 0.357. The smallest absolute Gasteiger partial charge is 0.412 e. The number of ether oxygens (including phenoxy) is 1. The van der Waals surface area contributed by atoms with Crippen LogP contribution >= 0.6 is 0 Å². The molecule has 2 N–H and O–H groups in total. The third kappa shape index (κ3) is 4.71. The van der Waals surface area contributed by atoms with E-state index in [4.69, 9.17) is 4.74 Å². The molecular weight excluding hydrogens is 249 g/mol. The first-order valence-electron chi connectivity index (χ1n) is 5.83. The topological polar surface area (TPSA) is 58.6 Å². The number of anilines is 1. The standard InChI is InChI=1S/C14H18FNO3/c1-5-12(17)10-8-9(15)6-7-11(10)16-13(18)19-14(2,3)4/h5-8,12,17H,1H2,2-4H3,(H,16,18). The van der Waals surface area contributed by atoms with Crippen molar-refractivity contribution in [2.75, 3.05) is 5.32 Å². The van der Waals surface area contributed by atoms with Crippen molar-refractivity contribution >= 4 is 11.8 Å². The summed E-state index contributed by atoms with van der Waals surface area (Å²) in [5.74, 6) is -0.509. The zero-order valence-corrected chi connectivity index (χ0v) is 11.2. The molecule has 1 amide bonds. The van der Waals surface area contributed by atoms with Crippen molar-refractivity contribution in [3.63, 3.8) is 0 Å². The number of rotatable bonds is 3. The largest absolute Gasteiger partial charge is 0.444 e. The van der Waals surface area contributed by atoms with Crippen molar-refractivity contribution in [2.24, 2.45) is 0 Å². The van der Waals surface area contributed by atoms with Gasteiger partial charge in [0.05, 0.1) is 11.8 Å². The first-order chi connectivity index (χ1) is 8.73.